The molecule has 29 heavy (non-hydrogen) atoms. The molecule has 4 rings (SSSR count). The van der Waals surface area contributed by atoms with Gasteiger partial charge in [-0.1, -0.05) is 0 Å². The Labute approximate surface area is 167 Å². The van der Waals surface area contributed by atoms with E-state index in [0.717, 1.165) is 18.9 Å². The topological polar surface area (TPSA) is 100 Å². The second-order valence-electron chi connectivity index (χ2n) is 7.02. The van der Waals surface area contributed by atoms with E-state index >= 15 is 0 Å². The highest BCUT2D eigenvalue weighted by molar-refractivity contribution is 7.92. The summed E-state index contributed by atoms with van der Waals surface area (Å²) in [6.45, 7) is 0.408. The van der Waals surface area contributed by atoms with E-state index in [0.29, 0.717) is 29.1 Å². The van der Waals surface area contributed by atoms with Crippen molar-refractivity contribution in [2.45, 2.75) is 17.7 Å². The van der Waals surface area contributed by atoms with Crippen LogP contribution in [-0.2, 0) is 10.0 Å². The molecule has 0 spiro atoms. The number of amides is 1. The van der Waals surface area contributed by atoms with Gasteiger partial charge in [0.25, 0.3) is 15.9 Å². The molecule has 1 aromatic heterocycles. The van der Waals surface area contributed by atoms with E-state index in [4.69, 9.17) is 4.74 Å². The number of aromatic amines is 1. The van der Waals surface area contributed by atoms with Gasteiger partial charge < -0.3 is 15.0 Å². The van der Waals surface area contributed by atoms with Gasteiger partial charge in [0, 0.05) is 23.6 Å². The molecule has 152 valence electrons. The fourth-order valence-electron chi connectivity index (χ4n) is 2.97. The summed E-state index contributed by atoms with van der Waals surface area (Å²) in [5.74, 6) is -0.398. The predicted octanol–water partition coefficient (Wildman–Crippen LogP) is 3.26. The summed E-state index contributed by atoms with van der Waals surface area (Å²) in [4.78, 5) is 14.5. The van der Waals surface area contributed by atoms with Gasteiger partial charge >= 0.3 is 0 Å². The number of sulfonamides is 1. The number of hydrogen-bond donors (Lipinski definition) is 3. The van der Waals surface area contributed by atoms with Gasteiger partial charge in [0.05, 0.1) is 6.61 Å². The summed E-state index contributed by atoms with van der Waals surface area (Å²) >= 11 is 0. The number of nitrogens with one attached hydrogen (secondary N) is 3. The van der Waals surface area contributed by atoms with Crippen LogP contribution in [-0.4, -0.2) is 33.0 Å². The largest absolute Gasteiger partial charge is 0.492 e. The quantitative estimate of drug-likeness (QED) is 0.549. The third-order valence-corrected chi connectivity index (χ3v) is 6.11. The molecule has 3 N–H and O–H groups in total. The zero-order valence-corrected chi connectivity index (χ0v) is 16.5. The molecule has 1 aliphatic rings. The van der Waals surface area contributed by atoms with Gasteiger partial charge in [-0.2, -0.15) is 0 Å². The van der Waals surface area contributed by atoms with E-state index in [1.165, 1.54) is 19.2 Å². The lowest BCUT2D eigenvalue weighted by molar-refractivity contribution is 0.0959. The van der Waals surface area contributed by atoms with Crippen molar-refractivity contribution in [3.05, 3.63) is 54.0 Å². The molecule has 0 atom stereocenters. The van der Waals surface area contributed by atoms with Crippen LogP contribution in [0.2, 0.25) is 0 Å². The lowest BCUT2D eigenvalue weighted by Crippen LogP contribution is -2.17. The van der Waals surface area contributed by atoms with Gasteiger partial charge in [-0.3, -0.25) is 9.52 Å². The summed E-state index contributed by atoms with van der Waals surface area (Å²) in [6, 6.07) is 9.90. The first kappa shape index (κ1) is 19.3. The number of carbonyl (C=O) groups excluding carboxylic acids is 1. The fourth-order valence-corrected chi connectivity index (χ4v) is 4.17. The molecule has 0 unspecified atom stereocenters. The van der Waals surface area contributed by atoms with Crippen LogP contribution in [0.3, 0.4) is 0 Å². The zero-order valence-electron chi connectivity index (χ0n) is 15.7. The van der Waals surface area contributed by atoms with Crippen molar-refractivity contribution in [2.24, 2.45) is 5.92 Å². The third-order valence-electron chi connectivity index (χ3n) is 4.71. The zero-order chi connectivity index (χ0) is 20.6. The summed E-state index contributed by atoms with van der Waals surface area (Å²) in [5, 5.41) is 3.18. The Morgan fingerprint density at radius 2 is 2.00 bits per heavy atom. The molecule has 1 fully saturated rings. The van der Waals surface area contributed by atoms with Gasteiger partial charge in [0.15, 0.2) is 0 Å². The van der Waals surface area contributed by atoms with E-state index < -0.39 is 15.8 Å². The molecule has 0 saturated heterocycles. The third kappa shape index (κ3) is 4.19. The number of aromatic nitrogens is 1. The maximum Gasteiger partial charge on any atom is 0.267 e. The van der Waals surface area contributed by atoms with Crippen LogP contribution in [0.4, 0.5) is 10.1 Å². The van der Waals surface area contributed by atoms with Gasteiger partial charge in [-0.25, -0.2) is 12.8 Å². The predicted molar refractivity (Wildman–Crippen MR) is 107 cm³/mol. The Morgan fingerprint density at radius 1 is 1.21 bits per heavy atom. The Balaban J connectivity index is 1.62. The second-order valence-corrected chi connectivity index (χ2v) is 8.67. The first-order valence-electron chi connectivity index (χ1n) is 9.16. The molecular weight excluding hydrogens is 397 g/mol. The van der Waals surface area contributed by atoms with Crippen LogP contribution in [0.25, 0.3) is 10.9 Å². The lowest BCUT2D eigenvalue weighted by Gasteiger charge is -2.13. The maximum absolute atomic E-state index is 13.8. The number of benzene rings is 2. The maximum atomic E-state index is 13.8. The lowest BCUT2D eigenvalue weighted by atomic mass is 10.2. The summed E-state index contributed by atoms with van der Waals surface area (Å²) < 4.78 is 47.6. The van der Waals surface area contributed by atoms with Crippen LogP contribution in [0, 0.1) is 11.7 Å². The van der Waals surface area contributed by atoms with E-state index in [2.05, 4.69) is 15.0 Å². The monoisotopic (exact) mass is 417 g/mol. The van der Waals surface area contributed by atoms with Crippen molar-refractivity contribution in [3.8, 4) is 5.75 Å². The molecule has 7 nitrogen and oxygen atoms in total. The SMILES string of the molecule is CNC(=O)c1cc2cc(NS(=O)(=O)c3cc(F)ccc3OCC3CC3)ccc2[nH]1. The van der Waals surface area contributed by atoms with E-state index in [9.17, 15) is 17.6 Å². The van der Waals surface area contributed by atoms with Crippen LogP contribution >= 0.6 is 0 Å². The second kappa shape index (κ2) is 7.40. The highest BCUT2D eigenvalue weighted by atomic mass is 32.2. The van der Waals surface area contributed by atoms with Gasteiger partial charge in [0.2, 0.25) is 0 Å². The van der Waals surface area contributed by atoms with Crippen LogP contribution in [0.5, 0.6) is 5.75 Å². The Kier molecular flexibility index (Phi) is 4.91. The number of fused-ring (bicyclic) bond motifs is 1. The summed E-state index contributed by atoms with van der Waals surface area (Å²) in [5.41, 5.74) is 1.34. The van der Waals surface area contributed by atoms with Crippen LogP contribution in [0.1, 0.15) is 23.3 Å². The van der Waals surface area contributed by atoms with Crippen LogP contribution < -0.4 is 14.8 Å². The number of anilines is 1. The average molecular weight is 417 g/mol. The minimum atomic E-state index is -4.08. The Morgan fingerprint density at radius 3 is 2.72 bits per heavy atom. The van der Waals surface area contributed by atoms with Gasteiger partial charge in [-0.15, -0.1) is 0 Å². The molecule has 0 radical (unpaired) electrons. The van der Waals surface area contributed by atoms with E-state index in [1.807, 2.05) is 0 Å². The highest BCUT2D eigenvalue weighted by Crippen LogP contribution is 2.32. The number of rotatable bonds is 7. The molecular formula is C20H20FN3O4S. The molecule has 0 bridgehead atoms. The molecule has 2 aromatic carbocycles. The summed E-state index contributed by atoms with van der Waals surface area (Å²) in [6.07, 6.45) is 2.10. The van der Waals surface area contributed by atoms with Gasteiger partial charge in [-0.05, 0) is 61.2 Å². The van der Waals surface area contributed by atoms with Crippen molar-refractivity contribution in [1.82, 2.24) is 10.3 Å². The number of hydrogen-bond acceptors (Lipinski definition) is 4. The van der Waals surface area contributed by atoms with Crippen molar-refractivity contribution in [1.29, 1.82) is 0 Å². The van der Waals surface area contributed by atoms with Crippen molar-refractivity contribution >= 4 is 32.5 Å². The first-order valence-corrected chi connectivity index (χ1v) is 10.6. The van der Waals surface area contributed by atoms with E-state index in [-0.39, 0.29) is 22.2 Å². The summed E-state index contributed by atoms with van der Waals surface area (Å²) in [7, 11) is -2.56. The molecule has 1 amide bonds. The minimum Gasteiger partial charge on any atom is -0.492 e. The number of ether oxygens (including phenoxy) is 1. The standard InChI is InChI=1S/C20H20FN3O4S/c1-22-20(25)17-9-13-8-15(5-6-16(13)23-17)24-29(26,27)19-10-14(21)4-7-18(19)28-11-12-2-3-12/h4-10,12,23-24H,2-3,11H2,1H3,(H,22,25). The number of H-pyrrole nitrogens is 1. The molecule has 9 heteroatoms. The number of carbonyl (C=O) groups is 1. The Hall–Kier alpha value is -3.07. The minimum absolute atomic E-state index is 0.121. The van der Waals surface area contributed by atoms with Crippen molar-refractivity contribution < 1.29 is 22.3 Å². The van der Waals surface area contributed by atoms with Crippen LogP contribution in [0.15, 0.2) is 47.4 Å². The van der Waals surface area contributed by atoms with Gasteiger partial charge in [0.1, 0.15) is 22.2 Å². The number of halogens is 1. The van der Waals surface area contributed by atoms with E-state index in [1.54, 1.807) is 24.3 Å². The molecule has 1 aliphatic carbocycles. The van der Waals surface area contributed by atoms with Crippen molar-refractivity contribution in [3.63, 3.8) is 0 Å². The molecule has 0 aliphatic heterocycles. The first-order chi connectivity index (χ1) is 13.9. The fraction of sp³-hybridized carbons (Fsp3) is 0.250. The smallest absolute Gasteiger partial charge is 0.267 e. The van der Waals surface area contributed by atoms with Crippen molar-refractivity contribution in [2.75, 3.05) is 18.4 Å². The molecule has 1 saturated carbocycles. The molecule has 1 heterocycles. The highest BCUT2D eigenvalue weighted by Gasteiger charge is 2.25. The average Bonchev–Trinajstić information content (AvgIpc) is 3.43. The molecule has 3 aromatic rings. The Bertz CT molecular complexity index is 1190. The normalized spacial score (nSPS) is 14.0.